The van der Waals surface area contributed by atoms with Crippen LogP contribution in [-0.2, 0) is 0 Å². The molecule has 1 amide bonds. The summed E-state index contributed by atoms with van der Waals surface area (Å²) in [5.74, 6) is -4.76. The number of carboxylic acids is 2. The van der Waals surface area contributed by atoms with Crippen LogP contribution in [0.3, 0.4) is 0 Å². The van der Waals surface area contributed by atoms with Crippen molar-refractivity contribution in [1.82, 2.24) is 0 Å². The molecule has 0 spiro atoms. The van der Waals surface area contributed by atoms with Crippen LogP contribution in [0.5, 0.6) is 11.5 Å². The van der Waals surface area contributed by atoms with E-state index < -0.39 is 39.7 Å². The summed E-state index contributed by atoms with van der Waals surface area (Å²) >= 11 is 0. The van der Waals surface area contributed by atoms with E-state index >= 15 is 0 Å². The molecule has 162 valence electrons. The number of hydrogen-bond donors (Lipinski definition) is 3. The molecule has 11 heteroatoms. The highest BCUT2D eigenvalue weighted by atomic mass is 19.1. The first-order valence-electron chi connectivity index (χ1n) is 8.79. The molecule has 0 radical (unpaired) electrons. The predicted octanol–water partition coefficient (Wildman–Crippen LogP) is 4.17. The molecule has 10 nitrogen and oxygen atoms in total. The number of hydrogen-bond acceptors (Lipinski definition) is 6. The molecule has 3 aromatic carbocycles. The molecule has 0 aliphatic rings. The van der Waals surface area contributed by atoms with Crippen molar-refractivity contribution in [3.63, 3.8) is 0 Å². The number of nitro benzene ring substituents is 1. The van der Waals surface area contributed by atoms with Crippen LogP contribution in [0.15, 0.2) is 60.7 Å². The van der Waals surface area contributed by atoms with Gasteiger partial charge in [0.05, 0.1) is 21.7 Å². The molecule has 0 heterocycles. The Morgan fingerprint density at radius 1 is 0.938 bits per heavy atom. The minimum atomic E-state index is -1.51. The number of amides is 1. The van der Waals surface area contributed by atoms with Gasteiger partial charge in [0, 0.05) is 23.8 Å². The minimum absolute atomic E-state index is 0.0120. The number of anilines is 1. The molecule has 0 atom stereocenters. The first-order chi connectivity index (χ1) is 15.2. The Morgan fingerprint density at radius 2 is 1.66 bits per heavy atom. The van der Waals surface area contributed by atoms with Crippen molar-refractivity contribution in [2.24, 2.45) is 0 Å². The Hall–Kier alpha value is -4.80. The summed E-state index contributed by atoms with van der Waals surface area (Å²) in [5, 5.41) is 31.7. The van der Waals surface area contributed by atoms with Gasteiger partial charge in [0.1, 0.15) is 11.6 Å². The van der Waals surface area contributed by atoms with Gasteiger partial charge in [-0.1, -0.05) is 6.07 Å². The lowest BCUT2D eigenvalue weighted by Gasteiger charge is -2.13. The number of carbonyl (C=O) groups is 3. The highest BCUT2D eigenvalue weighted by Crippen LogP contribution is 2.32. The first kappa shape index (κ1) is 21.9. The molecular weight excluding hydrogens is 427 g/mol. The molecule has 0 unspecified atom stereocenters. The zero-order valence-corrected chi connectivity index (χ0v) is 15.9. The zero-order chi connectivity index (χ0) is 23.4. The van der Waals surface area contributed by atoms with Crippen molar-refractivity contribution in [3.05, 3.63) is 93.3 Å². The van der Waals surface area contributed by atoms with Gasteiger partial charge < -0.3 is 20.3 Å². The highest BCUT2D eigenvalue weighted by Gasteiger charge is 2.19. The quantitative estimate of drug-likeness (QED) is 0.365. The molecule has 0 saturated carbocycles. The molecule has 32 heavy (non-hydrogen) atoms. The van der Waals surface area contributed by atoms with E-state index in [1.807, 2.05) is 0 Å². The normalized spacial score (nSPS) is 10.3. The number of nitro groups is 1. The third-order valence-corrected chi connectivity index (χ3v) is 4.19. The molecular formula is C21H13FN2O8. The lowest BCUT2D eigenvalue weighted by Crippen LogP contribution is -2.13. The van der Waals surface area contributed by atoms with Gasteiger partial charge >= 0.3 is 11.9 Å². The van der Waals surface area contributed by atoms with Gasteiger partial charge in [0.2, 0.25) is 0 Å². The third kappa shape index (κ3) is 4.84. The molecule has 0 aliphatic carbocycles. The largest absolute Gasteiger partial charge is 0.478 e. The van der Waals surface area contributed by atoms with E-state index in [4.69, 9.17) is 9.84 Å². The van der Waals surface area contributed by atoms with Crippen LogP contribution in [0.4, 0.5) is 15.8 Å². The van der Waals surface area contributed by atoms with Crippen LogP contribution >= 0.6 is 0 Å². The summed E-state index contributed by atoms with van der Waals surface area (Å²) in [5.41, 5.74) is -1.36. The van der Waals surface area contributed by atoms with Crippen LogP contribution < -0.4 is 10.1 Å². The Bertz CT molecular complexity index is 1260. The Balaban J connectivity index is 1.92. The van der Waals surface area contributed by atoms with Gasteiger partial charge in [0.25, 0.3) is 11.6 Å². The molecule has 0 bridgehead atoms. The van der Waals surface area contributed by atoms with Gasteiger partial charge in [-0.3, -0.25) is 14.9 Å². The van der Waals surface area contributed by atoms with Gasteiger partial charge in [-0.2, -0.15) is 0 Å². The van der Waals surface area contributed by atoms with Gasteiger partial charge in [-0.25, -0.2) is 14.0 Å². The second-order valence-electron chi connectivity index (χ2n) is 6.32. The van der Waals surface area contributed by atoms with Crippen molar-refractivity contribution < 1.29 is 38.6 Å². The van der Waals surface area contributed by atoms with Crippen LogP contribution in [-0.4, -0.2) is 33.0 Å². The highest BCUT2D eigenvalue weighted by molar-refractivity contribution is 6.05. The fourth-order valence-electron chi connectivity index (χ4n) is 2.72. The number of carboxylic acid groups (broad SMARTS) is 2. The Kier molecular flexibility index (Phi) is 6.10. The number of benzene rings is 3. The molecule has 0 aromatic heterocycles. The lowest BCUT2D eigenvalue weighted by atomic mass is 10.1. The van der Waals surface area contributed by atoms with Crippen molar-refractivity contribution >= 4 is 29.2 Å². The number of non-ortho nitro benzene ring substituents is 1. The minimum Gasteiger partial charge on any atom is -0.478 e. The number of carbonyl (C=O) groups excluding carboxylic acids is 1. The van der Waals surface area contributed by atoms with Crippen molar-refractivity contribution in [2.75, 3.05) is 5.32 Å². The van der Waals surface area contributed by atoms with Crippen LogP contribution in [0.2, 0.25) is 0 Å². The van der Waals surface area contributed by atoms with E-state index in [0.717, 1.165) is 30.3 Å². The van der Waals surface area contributed by atoms with Crippen LogP contribution in [0.25, 0.3) is 0 Å². The fraction of sp³-hybridized carbons (Fsp3) is 0. The smallest absolute Gasteiger partial charge is 0.336 e. The average molecular weight is 440 g/mol. The molecule has 0 fully saturated rings. The van der Waals surface area contributed by atoms with E-state index in [-0.39, 0.29) is 28.4 Å². The maximum atomic E-state index is 13.8. The number of halogens is 1. The molecule has 0 aliphatic heterocycles. The standard InChI is InChI=1S/C21H13FN2O8/c22-12-4-7-17(23-19(25)11-2-1-3-13(8-11)24(30)31)18(9-12)32-14-5-6-15(20(26)27)16(10-14)21(28)29/h1-10H,(H,23,25)(H,26,27)(H,28,29). The summed E-state index contributed by atoms with van der Waals surface area (Å²) < 4.78 is 19.3. The second-order valence-corrected chi connectivity index (χ2v) is 6.32. The summed E-state index contributed by atoms with van der Waals surface area (Å²) in [7, 11) is 0. The summed E-state index contributed by atoms with van der Waals surface area (Å²) in [6.45, 7) is 0. The van der Waals surface area contributed by atoms with E-state index in [2.05, 4.69) is 5.32 Å². The van der Waals surface area contributed by atoms with E-state index in [9.17, 15) is 34.0 Å². The zero-order valence-electron chi connectivity index (χ0n) is 15.9. The summed E-state index contributed by atoms with van der Waals surface area (Å²) in [6, 6.07) is 11.2. The number of ether oxygens (including phenoxy) is 1. The van der Waals surface area contributed by atoms with Crippen molar-refractivity contribution in [3.8, 4) is 11.5 Å². The maximum absolute atomic E-state index is 13.8. The Morgan fingerprint density at radius 3 is 2.31 bits per heavy atom. The maximum Gasteiger partial charge on any atom is 0.336 e. The third-order valence-electron chi connectivity index (χ3n) is 4.19. The lowest BCUT2D eigenvalue weighted by molar-refractivity contribution is -0.384. The predicted molar refractivity (Wildman–Crippen MR) is 108 cm³/mol. The van der Waals surface area contributed by atoms with Crippen LogP contribution in [0, 0.1) is 15.9 Å². The SMILES string of the molecule is O=C(Nc1ccc(F)cc1Oc1ccc(C(=O)O)c(C(=O)O)c1)c1cccc([N+](=O)[O-])c1. The molecule has 0 saturated heterocycles. The summed E-state index contributed by atoms with van der Waals surface area (Å²) in [6.07, 6.45) is 0. The second kappa shape index (κ2) is 8.92. The average Bonchev–Trinajstić information content (AvgIpc) is 2.75. The fourth-order valence-corrected chi connectivity index (χ4v) is 2.72. The molecule has 3 rings (SSSR count). The van der Waals surface area contributed by atoms with Crippen molar-refractivity contribution in [1.29, 1.82) is 0 Å². The van der Waals surface area contributed by atoms with Crippen LogP contribution in [0.1, 0.15) is 31.1 Å². The number of nitrogens with zero attached hydrogens (tertiary/aromatic N) is 1. The summed E-state index contributed by atoms with van der Waals surface area (Å²) in [4.78, 5) is 45.3. The first-order valence-corrected chi connectivity index (χ1v) is 8.79. The topological polar surface area (TPSA) is 156 Å². The van der Waals surface area contributed by atoms with E-state index in [1.54, 1.807) is 0 Å². The number of rotatable bonds is 7. The van der Waals surface area contributed by atoms with Gasteiger partial charge in [0.15, 0.2) is 5.75 Å². The van der Waals surface area contributed by atoms with Gasteiger partial charge in [-0.05, 0) is 36.4 Å². The monoisotopic (exact) mass is 440 g/mol. The van der Waals surface area contributed by atoms with Gasteiger partial charge in [-0.15, -0.1) is 0 Å². The van der Waals surface area contributed by atoms with E-state index in [0.29, 0.717) is 0 Å². The van der Waals surface area contributed by atoms with Crippen molar-refractivity contribution in [2.45, 2.75) is 0 Å². The number of aromatic carboxylic acids is 2. The molecule has 3 aromatic rings. The Labute approximate surface area is 178 Å². The number of nitrogens with one attached hydrogen (secondary N) is 1. The van der Waals surface area contributed by atoms with E-state index in [1.165, 1.54) is 30.3 Å². The molecule has 3 N–H and O–H groups in total.